The number of H-pyrrole nitrogens is 1. The number of aromatic amines is 1. The van der Waals surface area contributed by atoms with Crippen LogP contribution in [0, 0.1) is 0 Å². The number of benzene rings is 1. The number of carbonyl (C=O) groups is 2. The molecule has 1 unspecified atom stereocenters. The first-order chi connectivity index (χ1) is 13.6. The third-order valence-electron chi connectivity index (χ3n) is 4.97. The Bertz CT molecular complexity index is 1010. The lowest BCUT2D eigenvalue weighted by molar-refractivity contribution is -0.134. The van der Waals surface area contributed by atoms with E-state index in [0.29, 0.717) is 24.2 Å². The van der Waals surface area contributed by atoms with Gasteiger partial charge in [0.05, 0.1) is 37.0 Å². The molecule has 8 nitrogen and oxygen atoms in total. The Hall–Kier alpha value is -3.52. The molecule has 0 radical (unpaired) electrons. The van der Waals surface area contributed by atoms with E-state index in [-0.39, 0.29) is 12.5 Å². The van der Waals surface area contributed by atoms with Crippen molar-refractivity contribution in [3.63, 3.8) is 0 Å². The zero-order valence-corrected chi connectivity index (χ0v) is 15.0. The number of rotatable bonds is 5. The molecule has 3 aromatic rings. The highest BCUT2D eigenvalue weighted by atomic mass is 16.3. The first-order valence-electron chi connectivity index (χ1n) is 8.84. The second kappa shape index (κ2) is 7.24. The van der Waals surface area contributed by atoms with Crippen molar-refractivity contribution in [2.75, 3.05) is 6.61 Å². The third-order valence-corrected chi connectivity index (χ3v) is 4.97. The van der Waals surface area contributed by atoms with Gasteiger partial charge in [-0.15, -0.1) is 0 Å². The van der Waals surface area contributed by atoms with E-state index in [0.717, 1.165) is 22.5 Å². The highest BCUT2D eigenvalue weighted by Gasteiger charge is 2.33. The lowest BCUT2D eigenvalue weighted by Gasteiger charge is -2.22. The van der Waals surface area contributed by atoms with E-state index in [2.05, 4.69) is 15.2 Å². The maximum atomic E-state index is 13.0. The predicted octanol–water partition coefficient (Wildman–Crippen LogP) is 1.19. The van der Waals surface area contributed by atoms with Crippen LogP contribution in [0.25, 0.3) is 11.3 Å². The van der Waals surface area contributed by atoms with Crippen LogP contribution in [-0.4, -0.2) is 43.6 Å². The molecule has 1 aliphatic heterocycles. The summed E-state index contributed by atoms with van der Waals surface area (Å²) >= 11 is 0. The molecule has 1 aromatic carbocycles. The Labute approximate surface area is 161 Å². The minimum atomic E-state index is -0.649. The lowest BCUT2D eigenvalue weighted by Crippen LogP contribution is -2.32. The van der Waals surface area contributed by atoms with Crippen molar-refractivity contribution in [2.24, 2.45) is 5.73 Å². The third kappa shape index (κ3) is 3.14. The van der Waals surface area contributed by atoms with Crippen molar-refractivity contribution in [2.45, 2.75) is 19.0 Å². The number of amides is 2. The van der Waals surface area contributed by atoms with Gasteiger partial charge in [-0.05, 0) is 23.8 Å². The Morgan fingerprint density at radius 1 is 1.21 bits per heavy atom. The average Bonchev–Trinajstić information content (AvgIpc) is 3.30. The van der Waals surface area contributed by atoms with Gasteiger partial charge in [-0.25, -0.2) is 0 Å². The van der Waals surface area contributed by atoms with E-state index < -0.39 is 11.8 Å². The van der Waals surface area contributed by atoms with Crippen LogP contribution in [0.4, 0.5) is 0 Å². The minimum Gasteiger partial charge on any atom is -0.395 e. The fraction of sp³-hybridized carbons (Fsp3) is 0.200. The molecule has 28 heavy (non-hydrogen) atoms. The second-order valence-corrected chi connectivity index (χ2v) is 6.69. The van der Waals surface area contributed by atoms with Gasteiger partial charge in [0.15, 0.2) is 0 Å². The predicted molar refractivity (Wildman–Crippen MR) is 101 cm³/mol. The molecule has 0 fully saturated rings. The number of hydrogen-bond donors (Lipinski definition) is 3. The van der Waals surface area contributed by atoms with Crippen molar-refractivity contribution in [1.82, 2.24) is 20.1 Å². The van der Waals surface area contributed by atoms with Crippen molar-refractivity contribution in [1.29, 1.82) is 0 Å². The van der Waals surface area contributed by atoms with E-state index in [1.165, 1.54) is 0 Å². The Kier molecular flexibility index (Phi) is 4.62. The van der Waals surface area contributed by atoms with Crippen molar-refractivity contribution in [3.05, 3.63) is 71.2 Å². The van der Waals surface area contributed by atoms with Gasteiger partial charge in [-0.2, -0.15) is 5.10 Å². The molecule has 0 saturated heterocycles. The van der Waals surface area contributed by atoms with Crippen molar-refractivity contribution < 1.29 is 14.7 Å². The van der Waals surface area contributed by atoms with E-state index in [1.54, 1.807) is 53.7 Å². The van der Waals surface area contributed by atoms with Crippen LogP contribution in [0.15, 0.2) is 48.8 Å². The van der Waals surface area contributed by atoms with Crippen LogP contribution in [0.5, 0.6) is 0 Å². The van der Waals surface area contributed by atoms with Gasteiger partial charge < -0.3 is 15.7 Å². The summed E-state index contributed by atoms with van der Waals surface area (Å²) in [6, 6.07) is 10.4. The van der Waals surface area contributed by atoms with Gasteiger partial charge in [-0.3, -0.25) is 19.7 Å². The molecule has 8 heteroatoms. The standard InChI is InChI=1S/C20H19N5O3/c21-19(27)13-5-3-12(4-6-13)18-15-9-25(10-17(15)23-24-18)20(28)16(11-26)14-2-1-7-22-8-14/h1-8,16,26H,9-11H2,(H2,21,27)(H,23,24). The summed E-state index contributed by atoms with van der Waals surface area (Å²) in [6.45, 7) is 0.514. The molecule has 4 N–H and O–H groups in total. The SMILES string of the molecule is NC(=O)c1ccc(-c2n[nH]c3c2CN(C(=O)C(CO)c2cccnc2)C3)cc1. The zero-order chi connectivity index (χ0) is 19.7. The largest absolute Gasteiger partial charge is 0.395 e. The van der Waals surface area contributed by atoms with E-state index in [4.69, 9.17) is 5.73 Å². The molecule has 0 bridgehead atoms. The zero-order valence-electron chi connectivity index (χ0n) is 15.0. The molecule has 1 atom stereocenters. The number of aliphatic hydroxyl groups is 1. The van der Waals surface area contributed by atoms with Crippen LogP contribution in [-0.2, 0) is 17.9 Å². The molecule has 1 aliphatic rings. The van der Waals surface area contributed by atoms with Gasteiger partial charge in [0.1, 0.15) is 0 Å². The van der Waals surface area contributed by atoms with E-state index in [9.17, 15) is 14.7 Å². The number of nitrogens with zero attached hydrogens (tertiary/aromatic N) is 3. The molecule has 0 aliphatic carbocycles. The highest BCUT2D eigenvalue weighted by molar-refractivity contribution is 5.93. The van der Waals surface area contributed by atoms with Crippen LogP contribution in [0.2, 0.25) is 0 Å². The molecule has 2 aromatic heterocycles. The normalized spacial score (nSPS) is 14.0. The molecule has 0 saturated carbocycles. The van der Waals surface area contributed by atoms with Crippen LogP contribution in [0.1, 0.15) is 33.1 Å². The maximum absolute atomic E-state index is 13.0. The molecular formula is C20H19N5O3. The minimum absolute atomic E-state index is 0.157. The van der Waals surface area contributed by atoms with Crippen molar-refractivity contribution >= 4 is 11.8 Å². The maximum Gasteiger partial charge on any atom is 0.248 e. The van der Waals surface area contributed by atoms with Gasteiger partial charge in [-0.1, -0.05) is 18.2 Å². The topological polar surface area (TPSA) is 125 Å². The van der Waals surface area contributed by atoms with Crippen LogP contribution >= 0.6 is 0 Å². The fourth-order valence-corrected chi connectivity index (χ4v) is 3.46. The number of aliphatic hydroxyl groups excluding tert-OH is 1. The molecule has 142 valence electrons. The number of hydrogen-bond acceptors (Lipinski definition) is 5. The second-order valence-electron chi connectivity index (χ2n) is 6.69. The summed E-state index contributed by atoms with van der Waals surface area (Å²) in [5.41, 5.74) is 9.77. The smallest absolute Gasteiger partial charge is 0.248 e. The van der Waals surface area contributed by atoms with Crippen LogP contribution in [0.3, 0.4) is 0 Å². The molecule has 4 rings (SSSR count). The van der Waals surface area contributed by atoms with E-state index in [1.807, 2.05) is 0 Å². The number of nitrogens with two attached hydrogens (primary N) is 1. The summed E-state index contributed by atoms with van der Waals surface area (Å²) < 4.78 is 0. The lowest BCUT2D eigenvalue weighted by atomic mass is 10.0. The van der Waals surface area contributed by atoms with Crippen molar-refractivity contribution in [3.8, 4) is 11.3 Å². The monoisotopic (exact) mass is 377 g/mol. The van der Waals surface area contributed by atoms with Gasteiger partial charge in [0.2, 0.25) is 11.8 Å². The number of carbonyl (C=O) groups excluding carboxylic acids is 2. The first-order valence-corrected chi connectivity index (χ1v) is 8.84. The highest BCUT2D eigenvalue weighted by Crippen LogP contribution is 2.32. The number of fused-ring (bicyclic) bond motifs is 1. The summed E-state index contributed by atoms with van der Waals surface area (Å²) in [5.74, 6) is -1.29. The number of nitrogens with one attached hydrogen (secondary N) is 1. The quantitative estimate of drug-likeness (QED) is 0.616. The Morgan fingerprint density at radius 3 is 2.64 bits per heavy atom. The van der Waals surface area contributed by atoms with Gasteiger partial charge in [0, 0.05) is 29.1 Å². The number of pyridine rings is 1. The number of aromatic nitrogens is 3. The average molecular weight is 377 g/mol. The summed E-state index contributed by atoms with van der Waals surface area (Å²) in [7, 11) is 0. The number of primary amides is 1. The van der Waals surface area contributed by atoms with Gasteiger partial charge >= 0.3 is 0 Å². The summed E-state index contributed by atoms with van der Waals surface area (Å²) in [4.78, 5) is 29.9. The molecular weight excluding hydrogens is 358 g/mol. The Balaban J connectivity index is 1.56. The summed E-state index contributed by atoms with van der Waals surface area (Å²) in [6.07, 6.45) is 3.23. The first kappa shape index (κ1) is 17.9. The van der Waals surface area contributed by atoms with Gasteiger partial charge in [0.25, 0.3) is 0 Å². The fourth-order valence-electron chi connectivity index (χ4n) is 3.46. The summed E-state index contributed by atoms with van der Waals surface area (Å²) in [5, 5.41) is 17.1. The van der Waals surface area contributed by atoms with Crippen LogP contribution < -0.4 is 5.73 Å². The van der Waals surface area contributed by atoms with E-state index >= 15 is 0 Å². The Morgan fingerprint density at radius 2 is 2.00 bits per heavy atom. The molecule has 0 spiro atoms. The molecule has 3 heterocycles. The molecule has 2 amide bonds.